The third-order valence-corrected chi connectivity index (χ3v) is 13.4. The second kappa shape index (κ2) is 13.6. The maximum atomic E-state index is 7.11. The molecule has 0 amide bonds. The average Bonchev–Trinajstić information content (AvgIpc) is 3.96. The molecule has 0 fully saturated rings. The standard InChI is InChI=1S/C59H40N2O/c1-5-19-41(20-6-1)60(42-21-7-2-8-22-42)45-30-33-52-51(37-45)57-53(34-32-49-48-27-15-16-28-56(48)62-58(49)57)59(52)54-36-40-18-14-13-17-39(40)35-50(54)47-31-29-46(38-55(47)59)61(43-23-9-3-10-24-43)44-25-11-4-12-26-44/h1-15,17-27,29-38H,16,28H2. The van der Waals surface area contributed by atoms with Gasteiger partial charge >= 0.3 is 0 Å². The van der Waals surface area contributed by atoms with E-state index >= 15 is 0 Å². The summed E-state index contributed by atoms with van der Waals surface area (Å²) in [4.78, 5) is 4.77. The van der Waals surface area contributed by atoms with Crippen molar-refractivity contribution in [2.45, 2.75) is 18.3 Å². The topological polar surface area (TPSA) is 19.6 Å². The molecule has 1 atom stereocenters. The molecule has 3 aliphatic carbocycles. The van der Waals surface area contributed by atoms with Gasteiger partial charge in [-0.15, -0.1) is 0 Å². The molecule has 3 nitrogen and oxygen atoms in total. The Labute approximate surface area is 361 Å². The molecule has 0 saturated carbocycles. The van der Waals surface area contributed by atoms with Crippen molar-refractivity contribution in [2.24, 2.45) is 0 Å². The molecular formula is C59H40N2O. The van der Waals surface area contributed by atoms with Gasteiger partial charge in [-0.1, -0.05) is 133 Å². The van der Waals surface area contributed by atoms with E-state index in [0.29, 0.717) is 0 Å². The summed E-state index contributed by atoms with van der Waals surface area (Å²) in [5.41, 5.74) is 18.3. The van der Waals surface area contributed by atoms with Crippen LogP contribution in [0.3, 0.4) is 0 Å². The summed E-state index contributed by atoms with van der Waals surface area (Å²) in [5.74, 6) is 1.08. The van der Waals surface area contributed by atoms with Gasteiger partial charge in [-0.05, 0) is 141 Å². The second-order valence-corrected chi connectivity index (χ2v) is 16.7. The fourth-order valence-corrected chi connectivity index (χ4v) is 10.9. The Kier molecular flexibility index (Phi) is 7.65. The lowest BCUT2D eigenvalue weighted by Crippen LogP contribution is -2.26. The van der Waals surface area contributed by atoms with E-state index in [1.54, 1.807) is 0 Å². The van der Waals surface area contributed by atoms with Crippen molar-refractivity contribution in [1.29, 1.82) is 0 Å². The van der Waals surface area contributed by atoms with E-state index in [0.717, 1.165) is 58.3 Å². The zero-order valence-electron chi connectivity index (χ0n) is 34.0. The van der Waals surface area contributed by atoms with E-state index < -0.39 is 5.41 Å². The molecule has 3 heteroatoms. The largest absolute Gasteiger partial charge is 0.460 e. The van der Waals surface area contributed by atoms with Gasteiger partial charge in [-0.25, -0.2) is 0 Å². The van der Waals surface area contributed by atoms with Gasteiger partial charge < -0.3 is 14.2 Å². The van der Waals surface area contributed by atoms with Crippen LogP contribution >= 0.6 is 0 Å². The molecular weight excluding hydrogens is 753 g/mol. The predicted octanol–water partition coefficient (Wildman–Crippen LogP) is 15.8. The Morgan fingerprint density at radius 2 is 0.935 bits per heavy atom. The highest BCUT2D eigenvalue weighted by molar-refractivity contribution is 6.08. The smallest absolute Gasteiger partial charge is 0.143 e. The molecule has 0 bridgehead atoms. The first-order valence-corrected chi connectivity index (χ1v) is 21.6. The Bertz CT molecular complexity index is 3330. The lowest BCUT2D eigenvalue weighted by molar-refractivity contribution is 0.547. The number of rotatable bonds is 6. The zero-order valence-corrected chi connectivity index (χ0v) is 34.0. The highest BCUT2D eigenvalue weighted by Crippen LogP contribution is 2.65. The first-order valence-electron chi connectivity index (χ1n) is 21.6. The molecule has 10 aromatic rings. The first-order chi connectivity index (χ1) is 30.8. The van der Waals surface area contributed by atoms with Crippen LogP contribution in [0, 0.1) is 0 Å². The van der Waals surface area contributed by atoms with Gasteiger partial charge in [-0.3, -0.25) is 0 Å². The van der Waals surface area contributed by atoms with E-state index in [1.807, 2.05) is 0 Å². The van der Waals surface area contributed by atoms with E-state index in [-0.39, 0.29) is 0 Å². The summed E-state index contributed by atoms with van der Waals surface area (Å²) in [5, 5.41) is 3.65. The van der Waals surface area contributed by atoms with Crippen LogP contribution in [-0.4, -0.2) is 0 Å². The van der Waals surface area contributed by atoms with Crippen LogP contribution in [0.2, 0.25) is 0 Å². The van der Waals surface area contributed by atoms with Gasteiger partial charge in [0.15, 0.2) is 0 Å². The molecule has 0 saturated heterocycles. The van der Waals surface area contributed by atoms with E-state index in [1.165, 1.54) is 66.2 Å². The van der Waals surface area contributed by atoms with Crippen molar-refractivity contribution < 1.29 is 4.42 Å². The Morgan fingerprint density at radius 1 is 0.403 bits per heavy atom. The number of hydrogen-bond acceptors (Lipinski definition) is 3. The number of benzene rings is 9. The van der Waals surface area contributed by atoms with Crippen LogP contribution in [0.1, 0.15) is 40.0 Å². The van der Waals surface area contributed by atoms with Crippen LogP contribution < -0.4 is 9.80 Å². The molecule has 1 heterocycles. The van der Waals surface area contributed by atoms with Gasteiger partial charge in [0.05, 0.1) is 5.41 Å². The number of aryl methyl sites for hydroxylation is 1. The van der Waals surface area contributed by atoms with Crippen molar-refractivity contribution in [2.75, 3.05) is 9.80 Å². The third kappa shape index (κ3) is 5.00. The number of hydrogen-bond donors (Lipinski definition) is 0. The molecule has 0 radical (unpaired) electrons. The molecule has 1 unspecified atom stereocenters. The van der Waals surface area contributed by atoms with E-state index in [9.17, 15) is 0 Å². The summed E-state index contributed by atoms with van der Waals surface area (Å²) in [6.45, 7) is 0. The molecule has 9 aromatic carbocycles. The highest BCUT2D eigenvalue weighted by atomic mass is 16.3. The SMILES string of the molecule is C1=Cc2c(oc3c4c(ccc23)C2(c3cc(N(c5ccccc5)c5ccccc5)ccc3-c3cc5ccccc5cc32)c2ccc(N(c3ccccc3)c3ccccc3)cc2-4)CC1. The van der Waals surface area contributed by atoms with Crippen molar-refractivity contribution >= 4 is 61.9 Å². The molecule has 1 spiro atoms. The summed E-state index contributed by atoms with van der Waals surface area (Å²) in [7, 11) is 0. The minimum atomic E-state index is -0.630. The third-order valence-electron chi connectivity index (χ3n) is 13.4. The van der Waals surface area contributed by atoms with Crippen molar-refractivity contribution in [3.8, 4) is 22.3 Å². The molecule has 13 rings (SSSR count). The number of allylic oxidation sites excluding steroid dienone is 1. The van der Waals surface area contributed by atoms with Crippen LogP contribution in [-0.2, 0) is 11.8 Å². The molecule has 0 aliphatic heterocycles. The average molecular weight is 793 g/mol. The van der Waals surface area contributed by atoms with Crippen molar-refractivity contribution in [3.63, 3.8) is 0 Å². The van der Waals surface area contributed by atoms with Gasteiger partial charge in [0.25, 0.3) is 0 Å². The number of nitrogens with zero attached hydrogens (tertiary/aromatic N) is 2. The van der Waals surface area contributed by atoms with E-state index in [4.69, 9.17) is 4.42 Å². The minimum Gasteiger partial charge on any atom is -0.460 e. The summed E-state index contributed by atoms with van der Waals surface area (Å²) < 4.78 is 7.11. The monoisotopic (exact) mass is 792 g/mol. The fourth-order valence-electron chi connectivity index (χ4n) is 10.9. The van der Waals surface area contributed by atoms with E-state index in [2.05, 4.69) is 228 Å². The predicted molar refractivity (Wildman–Crippen MR) is 257 cm³/mol. The van der Waals surface area contributed by atoms with Crippen LogP contribution in [0.15, 0.2) is 217 Å². The zero-order chi connectivity index (χ0) is 40.8. The minimum absolute atomic E-state index is 0.630. The molecule has 3 aliphatic rings. The summed E-state index contributed by atoms with van der Waals surface area (Å²) in [6, 6.07) is 75.8. The summed E-state index contributed by atoms with van der Waals surface area (Å²) in [6.07, 6.45) is 6.45. The number of anilines is 6. The Hall–Kier alpha value is -7.88. The molecule has 292 valence electrons. The van der Waals surface area contributed by atoms with Crippen LogP contribution in [0.25, 0.3) is 50.1 Å². The lowest BCUT2D eigenvalue weighted by atomic mass is 9.70. The molecule has 1 aromatic heterocycles. The number of furan rings is 1. The fraction of sp³-hybridized carbons (Fsp3) is 0.0508. The second-order valence-electron chi connectivity index (χ2n) is 16.7. The van der Waals surface area contributed by atoms with Crippen molar-refractivity contribution in [1.82, 2.24) is 0 Å². The number of fused-ring (bicyclic) bond motifs is 15. The number of para-hydroxylation sites is 4. The normalized spacial score (nSPS) is 15.3. The molecule has 62 heavy (non-hydrogen) atoms. The van der Waals surface area contributed by atoms with Gasteiger partial charge in [0.2, 0.25) is 0 Å². The first kappa shape index (κ1) is 34.9. The van der Waals surface area contributed by atoms with Gasteiger partial charge in [0.1, 0.15) is 11.3 Å². The maximum Gasteiger partial charge on any atom is 0.143 e. The van der Waals surface area contributed by atoms with Crippen molar-refractivity contribution in [3.05, 3.63) is 246 Å². The maximum absolute atomic E-state index is 7.11. The summed E-state index contributed by atoms with van der Waals surface area (Å²) >= 11 is 0. The highest BCUT2D eigenvalue weighted by Gasteiger charge is 2.53. The van der Waals surface area contributed by atoms with Gasteiger partial charge in [0, 0.05) is 57.1 Å². The Morgan fingerprint density at radius 3 is 1.56 bits per heavy atom. The van der Waals surface area contributed by atoms with Crippen LogP contribution in [0.5, 0.6) is 0 Å². The lowest BCUT2D eigenvalue weighted by Gasteiger charge is -2.33. The molecule has 0 N–H and O–H groups in total. The van der Waals surface area contributed by atoms with Gasteiger partial charge in [-0.2, -0.15) is 0 Å². The van der Waals surface area contributed by atoms with Crippen LogP contribution in [0.4, 0.5) is 34.1 Å². The Balaban J connectivity index is 1.15. The quantitative estimate of drug-likeness (QED) is 0.167.